The Hall–Kier alpha value is -0.860. The van der Waals surface area contributed by atoms with E-state index < -0.39 is 0 Å². The number of rotatable bonds is 7. The van der Waals surface area contributed by atoms with Crippen LogP contribution in [0.1, 0.15) is 37.3 Å². The second kappa shape index (κ2) is 5.85. The van der Waals surface area contributed by atoms with Gasteiger partial charge in [0.1, 0.15) is 0 Å². The van der Waals surface area contributed by atoms with Crippen LogP contribution in [0.3, 0.4) is 0 Å². The van der Waals surface area contributed by atoms with Crippen LogP contribution in [0.5, 0.6) is 0 Å². The van der Waals surface area contributed by atoms with Gasteiger partial charge in [0.05, 0.1) is 0 Å². The van der Waals surface area contributed by atoms with Crippen molar-refractivity contribution in [2.45, 2.75) is 51.1 Å². The van der Waals surface area contributed by atoms with Gasteiger partial charge in [-0.2, -0.15) is 0 Å². The van der Waals surface area contributed by atoms with Crippen molar-refractivity contribution in [1.29, 1.82) is 0 Å². The van der Waals surface area contributed by atoms with Crippen LogP contribution < -0.4 is 5.32 Å². The summed E-state index contributed by atoms with van der Waals surface area (Å²) in [6, 6.07) is 9.48. The van der Waals surface area contributed by atoms with Crippen molar-refractivity contribution in [3.63, 3.8) is 0 Å². The minimum absolute atomic E-state index is 0.364. The van der Waals surface area contributed by atoms with Gasteiger partial charge < -0.3 is 10.1 Å². The molecular formula is C16H25NO. The van der Waals surface area contributed by atoms with Crippen molar-refractivity contribution < 1.29 is 4.74 Å². The summed E-state index contributed by atoms with van der Waals surface area (Å²) in [4.78, 5) is 0. The molecule has 0 aliphatic heterocycles. The Balaban J connectivity index is 1.86. The maximum absolute atomic E-state index is 5.14. The Kier molecular flexibility index (Phi) is 4.41. The molecule has 0 bridgehead atoms. The van der Waals surface area contributed by atoms with Gasteiger partial charge in [-0.1, -0.05) is 29.8 Å². The van der Waals surface area contributed by atoms with Gasteiger partial charge >= 0.3 is 0 Å². The van der Waals surface area contributed by atoms with Gasteiger partial charge in [0.15, 0.2) is 0 Å². The Morgan fingerprint density at radius 2 is 1.94 bits per heavy atom. The highest BCUT2D eigenvalue weighted by molar-refractivity contribution is 5.25. The van der Waals surface area contributed by atoms with E-state index in [1.807, 2.05) is 0 Å². The van der Waals surface area contributed by atoms with Gasteiger partial charge in [-0.15, -0.1) is 0 Å². The van der Waals surface area contributed by atoms with E-state index in [9.17, 15) is 0 Å². The summed E-state index contributed by atoms with van der Waals surface area (Å²) < 4.78 is 5.14. The SMILES string of the molecule is COCC[C@H](C)NC1(Cc2ccc(C)cc2)CC1. The van der Waals surface area contributed by atoms with Gasteiger partial charge in [0, 0.05) is 25.3 Å². The van der Waals surface area contributed by atoms with E-state index in [1.54, 1.807) is 7.11 Å². The zero-order valence-corrected chi connectivity index (χ0v) is 11.8. The molecule has 0 amide bonds. The van der Waals surface area contributed by atoms with E-state index >= 15 is 0 Å². The lowest BCUT2D eigenvalue weighted by Gasteiger charge is -2.23. The van der Waals surface area contributed by atoms with Gasteiger partial charge in [0.25, 0.3) is 0 Å². The summed E-state index contributed by atoms with van der Waals surface area (Å²) in [5.74, 6) is 0. The van der Waals surface area contributed by atoms with E-state index in [0.717, 1.165) is 19.4 Å². The fraction of sp³-hybridized carbons (Fsp3) is 0.625. The predicted octanol–water partition coefficient (Wildman–Crippen LogP) is 3.08. The summed E-state index contributed by atoms with van der Waals surface area (Å²) in [5.41, 5.74) is 3.15. The van der Waals surface area contributed by atoms with E-state index in [1.165, 1.54) is 24.0 Å². The number of aryl methyl sites for hydroxylation is 1. The van der Waals surface area contributed by atoms with Crippen LogP contribution >= 0.6 is 0 Å². The van der Waals surface area contributed by atoms with Crippen LogP contribution in [0.4, 0.5) is 0 Å². The molecule has 0 aromatic heterocycles. The second-order valence-electron chi connectivity index (χ2n) is 5.77. The van der Waals surface area contributed by atoms with Crippen LogP contribution in [0.15, 0.2) is 24.3 Å². The summed E-state index contributed by atoms with van der Waals surface area (Å²) in [5, 5.41) is 3.79. The molecule has 18 heavy (non-hydrogen) atoms. The summed E-state index contributed by atoms with van der Waals surface area (Å²) in [6.07, 6.45) is 4.85. The standard InChI is InChI=1S/C16H25NO/c1-13-4-6-15(7-5-13)12-16(9-10-16)17-14(2)8-11-18-3/h4-7,14,17H,8-12H2,1-3H3/t14-/m0/s1. The van der Waals surface area contributed by atoms with Crippen molar-refractivity contribution in [3.8, 4) is 0 Å². The number of hydrogen-bond acceptors (Lipinski definition) is 2. The summed E-state index contributed by atoms with van der Waals surface area (Å²) in [6.45, 7) is 5.24. The first-order valence-corrected chi connectivity index (χ1v) is 6.96. The largest absolute Gasteiger partial charge is 0.385 e. The first-order chi connectivity index (χ1) is 8.63. The molecule has 1 atom stereocenters. The Morgan fingerprint density at radius 3 is 2.50 bits per heavy atom. The van der Waals surface area contributed by atoms with E-state index in [4.69, 9.17) is 4.74 Å². The topological polar surface area (TPSA) is 21.3 Å². The maximum atomic E-state index is 5.14. The lowest BCUT2D eigenvalue weighted by molar-refractivity contribution is 0.181. The predicted molar refractivity (Wildman–Crippen MR) is 75.9 cm³/mol. The molecule has 100 valence electrons. The first-order valence-electron chi connectivity index (χ1n) is 6.96. The zero-order chi connectivity index (χ0) is 13.0. The van der Waals surface area contributed by atoms with Crippen LogP contribution in [-0.4, -0.2) is 25.3 Å². The molecule has 1 aromatic carbocycles. The average molecular weight is 247 g/mol. The minimum Gasteiger partial charge on any atom is -0.385 e. The molecule has 0 radical (unpaired) electrons. The highest BCUT2D eigenvalue weighted by atomic mass is 16.5. The quantitative estimate of drug-likeness (QED) is 0.799. The molecular weight excluding hydrogens is 222 g/mol. The zero-order valence-electron chi connectivity index (χ0n) is 11.8. The van der Waals surface area contributed by atoms with Crippen molar-refractivity contribution in [2.75, 3.05) is 13.7 Å². The minimum atomic E-state index is 0.364. The van der Waals surface area contributed by atoms with Gasteiger partial charge in [0.2, 0.25) is 0 Å². The Labute approximate surface area is 111 Å². The van der Waals surface area contributed by atoms with E-state index in [0.29, 0.717) is 11.6 Å². The van der Waals surface area contributed by atoms with Crippen LogP contribution in [0, 0.1) is 6.92 Å². The van der Waals surface area contributed by atoms with Gasteiger partial charge in [-0.05, 0) is 45.1 Å². The Morgan fingerprint density at radius 1 is 1.28 bits per heavy atom. The van der Waals surface area contributed by atoms with E-state index in [2.05, 4.69) is 43.4 Å². The molecule has 1 saturated carbocycles. The van der Waals surface area contributed by atoms with Crippen LogP contribution in [-0.2, 0) is 11.2 Å². The molecule has 1 aromatic rings. The molecule has 1 fully saturated rings. The highest BCUT2D eigenvalue weighted by Crippen LogP contribution is 2.39. The van der Waals surface area contributed by atoms with Crippen LogP contribution in [0.25, 0.3) is 0 Å². The highest BCUT2D eigenvalue weighted by Gasteiger charge is 2.42. The molecule has 1 aliphatic carbocycles. The van der Waals surface area contributed by atoms with Gasteiger partial charge in [-0.3, -0.25) is 0 Å². The van der Waals surface area contributed by atoms with E-state index in [-0.39, 0.29) is 0 Å². The number of benzene rings is 1. The summed E-state index contributed by atoms with van der Waals surface area (Å²) >= 11 is 0. The third-order valence-electron chi connectivity index (χ3n) is 3.82. The number of methoxy groups -OCH3 is 1. The molecule has 0 spiro atoms. The molecule has 1 N–H and O–H groups in total. The summed E-state index contributed by atoms with van der Waals surface area (Å²) in [7, 11) is 1.77. The van der Waals surface area contributed by atoms with Crippen molar-refractivity contribution >= 4 is 0 Å². The number of nitrogens with one attached hydrogen (secondary N) is 1. The lowest BCUT2D eigenvalue weighted by atomic mass is 10.0. The normalized spacial score (nSPS) is 18.6. The number of hydrogen-bond donors (Lipinski definition) is 1. The fourth-order valence-corrected chi connectivity index (χ4v) is 2.51. The lowest BCUT2D eigenvalue weighted by Crippen LogP contribution is -2.40. The molecule has 0 unspecified atom stereocenters. The fourth-order valence-electron chi connectivity index (χ4n) is 2.51. The average Bonchev–Trinajstić information content (AvgIpc) is 3.09. The molecule has 2 heteroatoms. The number of ether oxygens (including phenoxy) is 1. The van der Waals surface area contributed by atoms with Crippen molar-refractivity contribution in [3.05, 3.63) is 35.4 Å². The Bertz CT molecular complexity index is 367. The van der Waals surface area contributed by atoms with Crippen molar-refractivity contribution in [1.82, 2.24) is 5.32 Å². The molecule has 0 saturated heterocycles. The monoisotopic (exact) mass is 247 g/mol. The third kappa shape index (κ3) is 3.82. The van der Waals surface area contributed by atoms with Crippen LogP contribution in [0.2, 0.25) is 0 Å². The first kappa shape index (κ1) is 13.6. The smallest absolute Gasteiger partial charge is 0.0476 e. The van der Waals surface area contributed by atoms with Crippen molar-refractivity contribution in [2.24, 2.45) is 0 Å². The molecule has 1 aliphatic rings. The maximum Gasteiger partial charge on any atom is 0.0476 e. The molecule has 2 nitrogen and oxygen atoms in total. The molecule has 2 rings (SSSR count). The second-order valence-corrected chi connectivity index (χ2v) is 5.77. The molecule has 0 heterocycles. The van der Waals surface area contributed by atoms with Gasteiger partial charge in [-0.25, -0.2) is 0 Å². The third-order valence-corrected chi connectivity index (χ3v) is 3.82.